The Morgan fingerprint density at radius 2 is 1.38 bits per heavy atom. The van der Waals surface area contributed by atoms with Crippen LogP contribution in [0.25, 0.3) is 5.69 Å². The lowest BCUT2D eigenvalue weighted by Gasteiger charge is -2.07. The van der Waals surface area contributed by atoms with Crippen LogP contribution in [0.2, 0.25) is 0 Å². The summed E-state index contributed by atoms with van der Waals surface area (Å²) < 4.78 is 4.23. The Hall–Kier alpha value is -0.540. The normalized spacial score (nSPS) is 10.3. The minimum absolute atomic E-state index is 1.08. The first-order valence-corrected chi connectivity index (χ1v) is 5.45. The molecule has 1 aromatic carbocycles. The van der Waals surface area contributed by atoms with Crippen molar-refractivity contribution in [2.75, 3.05) is 0 Å². The van der Waals surface area contributed by atoms with Gasteiger partial charge in [0.25, 0.3) is 0 Å². The number of para-hydroxylation sites is 1. The number of halogens is 2. The largest absolute Gasteiger partial charge is 0.322 e. The van der Waals surface area contributed by atoms with E-state index in [9.17, 15) is 0 Å². The van der Waals surface area contributed by atoms with E-state index in [-0.39, 0.29) is 0 Å². The standard InChI is InChI=1S/C10H7Br2N/c11-8-4-3-5-9(12)10(8)13-6-1-2-7-13/h1-7H. The number of rotatable bonds is 1. The number of hydrogen-bond donors (Lipinski definition) is 0. The van der Waals surface area contributed by atoms with E-state index in [1.165, 1.54) is 0 Å². The van der Waals surface area contributed by atoms with Gasteiger partial charge in [0.1, 0.15) is 0 Å². The Balaban J connectivity index is 2.64. The second kappa shape index (κ2) is 3.68. The fourth-order valence-corrected chi connectivity index (χ4v) is 2.63. The molecule has 0 unspecified atom stereocenters. The average Bonchev–Trinajstić information content (AvgIpc) is 2.57. The van der Waals surface area contributed by atoms with Crippen molar-refractivity contribution in [2.45, 2.75) is 0 Å². The highest BCUT2D eigenvalue weighted by Crippen LogP contribution is 2.28. The van der Waals surface area contributed by atoms with Crippen LogP contribution in [0.15, 0.2) is 51.7 Å². The molecule has 0 bridgehead atoms. The third-order valence-corrected chi connectivity index (χ3v) is 3.08. The molecule has 0 atom stereocenters. The first kappa shape index (κ1) is 9.03. The number of nitrogens with zero attached hydrogens (tertiary/aromatic N) is 1. The Bertz CT molecular complexity index is 387. The maximum atomic E-state index is 3.52. The van der Waals surface area contributed by atoms with Crippen LogP contribution < -0.4 is 0 Å². The quantitative estimate of drug-likeness (QED) is 0.750. The summed E-state index contributed by atoms with van der Waals surface area (Å²) in [6.07, 6.45) is 4.04. The predicted octanol–water partition coefficient (Wildman–Crippen LogP) is 4.00. The third-order valence-electron chi connectivity index (χ3n) is 1.80. The van der Waals surface area contributed by atoms with Gasteiger partial charge in [-0.15, -0.1) is 0 Å². The molecule has 0 aliphatic rings. The highest BCUT2D eigenvalue weighted by molar-refractivity contribution is 9.11. The molecule has 13 heavy (non-hydrogen) atoms. The molecule has 0 radical (unpaired) electrons. The molecule has 3 heteroatoms. The van der Waals surface area contributed by atoms with Crippen LogP contribution in [0.5, 0.6) is 0 Å². The minimum atomic E-state index is 1.08. The van der Waals surface area contributed by atoms with Crippen LogP contribution in [0.4, 0.5) is 0 Å². The van der Waals surface area contributed by atoms with Gasteiger partial charge < -0.3 is 4.57 Å². The molecule has 0 spiro atoms. The molecule has 1 heterocycles. The zero-order valence-electron chi connectivity index (χ0n) is 6.74. The molecule has 0 saturated heterocycles. The van der Waals surface area contributed by atoms with E-state index in [0.717, 1.165) is 14.6 Å². The van der Waals surface area contributed by atoms with Gasteiger partial charge in [0, 0.05) is 21.3 Å². The summed E-state index contributed by atoms with van der Waals surface area (Å²) in [7, 11) is 0. The van der Waals surface area contributed by atoms with E-state index in [0.29, 0.717) is 0 Å². The molecule has 0 N–H and O–H groups in total. The fourth-order valence-electron chi connectivity index (χ4n) is 1.22. The average molecular weight is 301 g/mol. The molecule has 2 rings (SSSR count). The van der Waals surface area contributed by atoms with Gasteiger partial charge in [-0.25, -0.2) is 0 Å². The van der Waals surface area contributed by atoms with Gasteiger partial charge in [-0.1, -0.05) is 6.07 Å². The molecule has 2 aromatic rings. The van der Waals surface area contributed by atoms with Crippen LogP contribution in [0.1, 0.15) is 0 Å². The molecule has 66 valence electrons. The fraction of sp³-hybridized carbons (Fsp3) is 0. The van der Waals surface area contributed by atoms with E-state index in [1.54, 1.807) is 0 Å². The van der Waals surface area contributed by atoms with Crippen LogP contribution in [-0.2, 0) is 0 Å². The Labute approximate surface area is 93.6 Å². The molecule has 0 aliphatic carbocycles. The lowest BCUT2D eigenvalue weighted by Crippen LogP contribution is -1.91. The van der Waals surface area contributed by atoms with Gasteiger partial charge in [0.05, 0.1) is 5.69 Å². The number of hydrogen-bond acceptors (Lipinski definition) is 0. The molecular weight excluding hydrogens is 294 g/mol. The maximum absolute atomic E-state index is 3.52. The van der Waals surface area contributed by atoms with Gasteiger partial charge in [-0.2, -0.15) is 0 Å². The lowest BCUT2D eigenvalue weighted by molar-refractivity contribution is 1.06. The van der Waals surface area contributed by atoms with E-state index in [1.807, 2.05) is 42.7 Å². The van der Waals surface area contributed by atoms with Crippen molar-refractivity contribution in [1.82, 2.24) is 4.57 Å². The Morgan fingerprint density at radius 1 is 0.846 bits per heavy atom. The highest BCUT2D eigenvalue weighted by atomic mass is 79.9. The van der Waals surface area contributed by atoms with E-state index < -0.39 is 0 Å². The monoisotopic (exact) mass is 299 g/mol. The molecular formula is C10H7Br2N. The Morgan fingerprint density at radius 3 is 1.92 bits per heavy atom. The number of aromatic nitrogens is 1. The zero-order valence-corrected chi connectivity index (χ0v) is 9.92. The first-order valence-electron chi connectivity index (χ1n) is 3.86. The summed E-state index contributed by atoms with van der Waals surface area (Å²) in [5.41, 5.74) is 1.13. The van der Waals surface area contributed by atoms with Gasteiger partial charge >= 0.3 is 0 Å². The van der Waals surface area contributed by atoms with Crippen LogP contribution >= 0.6 is 31.9 Å². The van der Waals surface area contributed by atoms with Crippen molar-refractivity contribution in [3.8, 4) is 5.69 Å². The van der Waals surface area contributed by atoms with E-state index in [2.05, 4.69) is 36.4 Å². The van der Waals surface area contributed by atoms with Crippen molar-refractivity contribution >= 4 is 31.9 Å². The summed E-state index contributed by atoms with van der Waals surface area (Å²) in [6.45, 7) is 0. The minimum Gasteiger partial charge on any atom is -0.322 e. The van der Waals surface area contributed by atoms with Crippen molar-refractivity contribution in [1.29, 1.82) is 0 Å². The summed E-state index contributed by atoms with van der Waals surface area (Å²) >= 11 is 7.04. The molecule has 1 nitrogen and oxygen atoms in total. The first-order chi connectivity index (χ1) is 6.29. The van der Waals surface area contributed by atoms with Gasteiger partial charge in [0.15, 0.2) is 0 Å². The van der Waals surface area contributed by atoms with Crippen LogP contribution in [-0.4, -0.2) is 4.57 Å². The molecule has 0 saturated carbocycles. The highest BCUT2D eigenvalue weighted by Gasteiger charge is 2.04. The second-order valence-corrected chi connectivity index (χ2v) is 4.37. The third kappa shape index (κ3) is 1.71. The molecule has 0 fully saturated rings. The molecule has 0 amide bonds. The van der Waals surface area contributed by atoms with E-state index >= 15 is 0 Å². The maximum Gasteiger partial charge on any atom is 0.0735 e. The topological polar surface area (TPSA) is 4.93 Å². The predicted molar refractivity (Wildman–Crippen MR) is 61.2 cm³/mol. The van der Waals surface area contributed by atoms with Crippen LogP contribution in [0, 0.1) is 0 Å². The second-order valence-electron chi connectivity index (χ2n) is 2.66. The van der Waals surface area contributed by atoms with Crippen molar-refractivity contribution in [2.24, 2.45) is 0 Å². The van der Waals surface area contributed by atoms with Crippen molar-refractivity contribution in [3.05, 3.63) is 51.7 Å². The van der Waals surface area contributed by atoms with Crippen molar-refractivity contribution < 1.29 is 0 Å². The molecule has 0 aliphatic heterocycles. The smallest absolute Gasteiger partial charge is 0.0735 e. The SMILES string of the molecule is Brc1cccc(Br)c1-n1cccc1. The van der Waals surface area contributed by atoms with Crippen molar-refractivity contribution in [3.63, 3.8) is 0 Å². The van der Waals surface area contributed by atoms with Gasteiger partial charge in [-0.3, -0.25) is 0 Å². The van der Waals surface area contributed by atoms with Gasteiger partial charge in [-0.05, 0) is 56.1 Å². The van der Waals surface area contributed by atoms with Crippen LogP contribution in [0.3, 0.4) is 0 Å². The summed E-state index contributed by atoms with van der Waals surface area (Å²) in [4.78, 5) is 0. The Kier molecular flexibility index (Phi) is 2.56. The summed E-state index contributed by atoms with van der Waals surface area (Å²) in [5, 5.41) is 0. The zero-order chi connectivity index (χ0) is 9.26. The molecule has 1 aromatic heterocycles. The number of benzene rings is 1. The summed E-state index contributed by atoms with van der Waals surface area (Å²) in [5.74, 6) is 0. The summed E-state index contributed by atoms with van der Waals surface area (Å²) in [6, 6.07) is 10.1. The van der Waals surface area contributed by atoms with Gasteiger partial charge in [0.2, 0.25) is 0 Å². The lowest BCUT2D eigenvalue weighted by atomic mass is 10.3. The van der Waals surface area contributed by atoms with E-state index in [4.69, 9.17) is 0 Å².